The number of nitrogens with two attached hydrogens (primary N) is 2. The van der Waals surface area contributed by atoms with Crippen LogP contribution in [0.15, 0.2) is 24.3 Å². The minimum atomic E-state index is -1.55. The number of primary amides is 1. The summed E-state index contributed by atoms with van der Waals surface area (Å²) in [7, 11) is 0. The molecule has 1 aromatic carbocycles. The van der Waals surface area contributed by atoms with E-state index in [0.29, 0.717) is 12.0 Å². The smallest absolute Gasteiger partial charge is 0.326 e. The molecule has 0 spiro atoms. The van der Waals surface area contributed by atoms with Gasteiger partial charge in [0.05, 0.1) is 19.1 Å². The molecule has 0 aromatic heterocycles. The van der Waals surface area contributed by atoms with Gasteiger partial charge in [-0.3, -0.25) is 19.2 Å². The number of amides is 4. The molecule has 0 bridgehead atoms. The number of hydrogen-bond acceptors (Lipinski definition) is 8. The van der Waals surface area contributed by atoms with Gasteiger partial charge in [-0.05, 0) is 37.0 Å². The van der Waals surface area contributed by atoms with Gasteiger partial charge in [0, 0.05) is 6.54 Å². The molecule has 1 heterocycles. The summed E-state index contributed by atoms with van der Waals surface area (Å²) in [4.78, 5) is 61.5. The first kappa shape index (κ1) is 26.5. The predicted molar refractivity (Wildman–Crippen MR) is 117 cm³/mol. The fourth-order valence-electron chi connectivity index (χ4n) is 3.62. The highest BCUT2D eigenvalue weighted by Gasteiger charge is 2.39. The Hall–Kier alpha value is -3.71. The Morgan fingerprint density at radius 3 is 2.29 bits per heavy atom. The Morgan fingerprint density at radius 1 is 1.09 bits per heavy atom. The first-order valence-corrected chi connectivity index (χ1v) is 10.6. The van der Waals surface area contributed by atoms with E-state index < -0.39 is 66.8 Å². The lowest BCUT2D eigenvalue weighted by molar-refractivity contribution is -0.146. The van der Waals surface area contributed by atoms with Crippen LogP contribution >= 0.6 is 0 Å². The van der Waals surface area contributed by atoms with Gasteiger partial charge in [-0.25, -0.2) is 4.79 Å². The van der Waals surface area contributed by atoms with Gasteiger partial charge in [0.2, 0.25) is 23.6 Å². The molecule has 0 radical (unpaired) electrons. The number of benzene rings is 1. The molecule has 1 aliphatic rings. The van der Waals surface area contributed by atoms with E-state index >= 15 is 0 Å². The van der Waals surface area contributed by atoms with E-state index in [9.17, 15) is 39.3 Å². The maximum absolute atomic E-state index is 13.0. The molecule has 1 aliphatic heterocycles. The summed E-state index contributed by atoms with van der Waals surface area (Å²) in [5, 5.41) is 32.8. The highest BCUT2D eigenvalue weighted by Crippen LogP contribution is 2.19. The first-order valence-electron chi connectivity index (χ1n) is 10.6. The van der Waals surface area contributed by atoms with Crippen LogP contribution in [0.25, 0.3) is 0 Å². The normalized spacial score (nSPS) is 17.9. The number of carboxylic acid groups (broad SMARTS) is 1. The monoisotopic (exact) mass is 479 g/mol. The summed E-state index contributed by atoms with van der Waals surface area (Å²) >= 11 is 0. The zero-order valence-corrected chi connectivity index (χ0v) is 18.3. The number of aliphatic hydroxyl groups is 1. The average molecular weight is 479 g/mol. The molecule has 1 aromatic rings. The Bertz CT molecular complexity index is 922. The molecule has 1 saturated heterocycles. The lowest BCUT2D eigenvalue weighted by Crippen LogP contribution is -2.58. The third-order valence-electron chi connectivity index (χ3n) is 5.38. The second-order valence-electron chi connectivity index (χ2n) is 7.98. The van der Waals surface area contributed by atoms with Crippen molar-refractivity contribution in [2.24, 2.45) is 11.5 Å². The number of likely N-dealkylation sites (tertiary alicyclic amines) is 1. The predicted octanol–water partition coefficient (Wildman–Crippen LogP) is -2.83. The molecule has 34 heavy (non-hydrogen) atoms. The number of rotatable bonds is 11. The SMILES string of the molecule is NC(=O)CC(NC(=O)C1CCCN1C(=O)C(CO)NC(=O)C(N)Cc1ccc(O)cc1)C(=O)O. The van der Waals surface area contributed by atoms with Crippen molar-refractivity contribution in [2.75, 3.05) is 13.2 Å². The first-order chi connectivity index (χ1) is 16.0. The van der Waals surface area contributed by atoms with E-state index in [4.69, 9.17) is 11.5 Å². The van der Waals surface area contributed by atoms with E-state index in [1.54, 1.807) is 12.1 Å². The van der Waals surface area contributed by atoms with Crippen LogP contribution in [0.2, 0.25) is 0 Å². The Balaban J connectivity index is 2.02. The average Bonchev–Trinajstić information content (AvgIpc) is 3.27. The molecule has 186 valence electrons. The van der Waals surface area contributed by atoms with Crippen molar-refractivity contribution in [3.05, 3.63) is 29.8 Å². The number of nitrogens with one attached hydrogen (secondary N) is 2. The molecule has 0 saturated carbocycles. The summed E-state index contributed by atoms with van der Waals surface area (Å²) in [6, 6.07) is 1.06. The summed E-state index contributed by atoms with van der Waals surface area (Å²) in [5.41, 5.74) is 11.6. The van der Waals surface area contributed by atoms with Gasteiger partial charge < -0.3 is 42.3 Å². The minimum Gasteiger partial charge on any atom is -0.508 e. The highest BCUT2D eigenvalue weighted by atomic mass is 16.4. The Labute approximate surface area is 195 Å². The lowest BCUT2D eigenvalue weighted by atomic mass is 10.1. The molecule has 13 nitrogen and oxygen atoms in total. The molecule has 1 fully saturated rings. The van der Waals surface area contributed by atoms with Crippen molar-refractivity contribution in [1.29, 1.82) is 0 Å². The van der Waals surface area contributed by atoms with Gasteiger partial charge in [0.1, 0.15) is 23.9 Å². The zero-order valence-electron chi connectivity index (χ0n) is 18.3. The third-order valence-corrected chi connectivity index (χ3v) is 5.38. The van der Waals surface area contributed by atoms with Gasteiger partial charge in [0.15, 0.2) is 0 Å². The van der Waals surface area contributed by atoms with E-state index in [2.05, 4.69) is 10.6 Å². The number of carboxylic acids is 1. The summed E-state index contributed by atoms with van der Waals surface area (Å²) in [6.07, 6.45) is 0.163. The highest BCUT2D eigenvalue weighted by molar-refractivity contribution is 5.95. The molecule has 13 heteroatoms. The topological polar surface area (TPSA) is 225 Å². The second-order valence-corrected chi connectivity index (χ2v) is 7.98. The van der Waals surface area contributed by atoms with Crippen molar-refractivity contribution in [3.8, 4) is 5.75 Å². The van der Waals surface area contributed by atoms with Crippen molar-refractivity contribution in [2.45, 2.75) is 49.9 Å². The van der Waals surface area contributed by atoms with E-state index in [1.165, 1.54) is 12.1 Å². The third kappa shape index (κ3) is 7.15. The number of carbonyl (C=O) groups excluding carboxylic acids is 4. The van der Waals surface area contributed by atoms with Crippen LogP contribution in [0.1, 0.15) is 24.8 Å². The Morgan fingerprint density at radius 2 is 1.74 bits per heavy atom. The lowest BCUT2D eigenvalue weighted by Gasteiger charge is -2.29. The fraction of sp³-hybridized carbons (Fsp3) is 0.476. The minimum absolute atomic E-state index is 0.0567. The van der Waals surface area contributed by atoms with E-state index in [0.717, 1.165) is 4.90 Å². The maximum Gasteiger partial charge on any atom is 0.326 e. The maximum atomic E-state index is 13.0. The van der Waals surface area contributed by atoms with Crippen molar-refractivity contribution in [3.63, 3.8) is 0 Å². The number of hydrogen-bond donors (Lipinski definition) is 7. The number of aromatic hydroxyl groups is 1. The summed E-state index contributed by atoms with van der Waals surface area (Å²) < 4.78 is 0. The number of phenols is 1. The molecular weight excluding hydrogens is 450 g/mol. The van der Waals surface area contributed by atoms with Crippen LogP contribution in [0, 0.1) is 0 Å². The zero-order chi connectivity index (χ0) is 25.4. The van der Waals surface area contributed by atoms with Crippen LogP contribution < -0.4 is 22.1 Å². The fourth-order valence-corrected chi connectivity index (χ4v) is 3.62. The van der Waals surface area contributed by atoms with Crippen LogP contribution in [-0.4, -0.2) is 87.1 Å². The van der Waals surface area contributed by atoms with Crippen LogP contribution in [-0.2, 0) is 30.4 Å². The quantitative estimate of drug-likeness (QED) is 0.173. The van der Waals surface area contributed by atoms with Crippen molar-refractivity contribution < 1.29 is 39.3 Å². The largest absolute Gasteiger partial charge is 0.508 e. The van der Waals surface area contributed by atoms with E-state index in [-0.39, 0.29) is 25.1 Å². The number of phenolic OH excluding ortho intramolecular Hbond substituents is 1. The molecule has 9 N–H and O–H groups in total. The molecular formula is C21H29N5O8. The van der Waals surface area contributed by atoms with Gasteiger partial charge in [-0.1, -0.05) is 12.1 Å². The number of nitrogens with zero attached hydrogens (tertiary/aromatic N) is 1. The van der Waals surface area contributed by atoms with Gasteiger partial charge in [-0.15, -0.1) is 0 Å². The van der Waals surface area contributed by atoms with Gasteiger partial charge >= 0.3 is 5.97 Å². The summed E-state index contributed by atoms with van der Waals surface area (Å²) in [5.74, 6) is -4.53. The standard InChI is InChI=1S/C21H29N5O8/c22-13(8-11-3-5-12(28)6-4-11)18(30)25-15(10-27)20(32)26-7-1-2-16(26)19(31)24-14(21(33)34)9-17(23)29/h3-6,13-16,27-28H,1-2,7-10,22H2,(H2,23,29)(H,24,31)(H,25,30)(H,33,34). The molecule has 2 rings (SSSR count). The number of carbonyl (C=O) groups is 5. The van der Waals surface area contributed by atoms with Gasteiger partial charge in [0.25, 0.3) is 0 Å². The molecule has 4 atom stereocenters. The van der Waals surface area contributed by atoms with Crippen molar-refractivity contribution >= 4 is 29.6 Å². The number of aliphatic hydroxyl groups excluding tert-OH is 1. The second kappa shape index (κ2) is 12.0. The molecule has 0 aliphatic carbocycles. The summed E-state index contributed by atoms with van der Waals surface area (Å²) in [6.45, 7) is -0.600. The molecule has 4 amide bonds. The van der Waals surface area contributed by atoms with Gasteiger partial charge in [-0.2, -0.15) is 0 Å². The van der Waals surface area contributed by atoms with Crippen molar-refractivity contribution in [1.82, 2.24) is 15.5 Å². The van der Waals surface area contributed by atoms with Crippen LogP contribution in [0.3, 0.4) is 0 Å². The Kier molecular flexibility index (Phi) is 9.33. The molecule has 4 unspecified atom stereocenters. The van der Waals surface area contributed by atoms with Crippen LogP contribution in [0.4, 0.5) is 0 Å². The number of aliphatic carboxylic acids is 1. The van der Waals surface area contributed by atoms with Crippen LogP contribution in [0.5, 0.6) is 5.75 Å². The van der Waals surface area contributed by atoms with E-state index in [1.807, 2.05) is 0 Å².